The second kappa shape index (κ2) is 16.1. The lowest BCUT2D eigenvalue weighted by Gasteiger charge is -2.37. The third-order valence-corrected chi connectivity index (χ3v) is 7.83. The van der Waals surface area contributed by atoms with Crippen LogP contribution in [0.2, 0.25) is 0 Å². The standard InChI is InChI=1S/C33H42N3O2P.C4H10/c1-7-25(4)33(38-34(6)37)32(26(5)27-12-8-23(2)9-13-27)28-20-30(22-31(39)21-28)36-18-16-35(17-19-36)29-14-10-24(3)11-15-29;1-4(2)3/h8-15,20-22,37H,7,16-19,39H2,1-6H3;4H,1-3H3/b32-26+,33-25+;. The molecule has 0 aromatic heterocycles. The Labute approximate surface area is 263 Å². The van der Waals surface area contributed by atoms with Crippen LogP contribution in [0.3, 0.4) is 0 Å². The van der Waals surface area contributed by atoms with Crippen LogP contribution in [0.4, 0.5) is 11.4 Å². The van der Waals surface area contributed by atoms with E-state index in [-0.39, 0.29) is 0 Å². The molecule has 0 bridgehead atoms. The number of aryl methyl sites for hydroxylation is 2. The minimum Gasteiger partial charge on any atom is -0.380 e. The minimum absolute atomic E-state index is 0.686. The van der Waals surface area contributed by atoms with Crippen LogP contribution in [-0.2, 0) is 4.84 Å². The highest BCUT2D eigenvalue weighted by atomic mass is 31.0. The summed E-state index contributed by atoms with van der Waals surface area (Å²) < 4.78 is 0. The van der Waals surface area contributed by atoms with E-state index in [9.17, 15) is 5.21 Å². The van der Waals surface area contributed by atoms with Gasteiger partial charge in [0.1, 0.15) is 0 Å². The van der Waals surface area contributed by atoms with E-state index in [4.69, 9.17) is 4.84 Å². The summed E-state index contributed by atoms with van der Waals surface area (Å²) in [5.41, 5.74) is 10.3. The summed E-state index contributed by atoms with van der Waals surface area (Å²) in [5, 5.41) is 12.0. The summed E-state index contributed by atoms with van der Waals surface area (Å²) in [6, 6.07) is 24.1. The quantitative estimate of drug-likeness (QED) is 0.0920. The Morgan fingerprint density at radius 3 is 1.79 bits per heavy atom. The molecule has 1 aliphatic heterocycles. The van der Waals surface area contributed by atoms with Crippen molar-refractivity contribution in [3.8, 4) is 0 Å². The fourth-order valence-electron chi connectivity index (χ4n) is 5.04. The fourth-order valence-corrected chi connectivity index (χ4v) is 5.39. The van der Waals surface area contributed by atoms with Crippen molar-refractivity contribution >= 4 is 37.1 Å². The van der Waals surface area contributed by atoms with Gasteiger partial charge in [-0.05, 0) is 103 Å². The van der Waals surface area contributed by atoms with Gasteiger partial charge in [0.2, 0.25) is 0 Å². The topological polar surface area (TPSA) is 39.2 Å². The van der Waals surface area contributed by atoms with Crippen LogP contribution in [-0.4, -0.2) is 43.7 Å². The lowest BCUT2D eigenvalue weighted by atomic mass is 9.91. The number of rotatable bonds is 8. The van der Waals surface area contributed by atoms with Crippen LogP contribution in [0.1, 0.15) is 70.2 Å². The van der Waals surface area contributed by atoms with Gasteiger partial charge in [-0.3, -0.25) is 5.21 Å². The summed E-state index contributed by atoms with van der Waals surface area (Å²) in [7, 11) is 4.39. The van der Waals surface area contributed by atoms with Gasteiger partial charge in [0.05, 0.1) is 7.05 Å². The minimum atomic E-state index is 0.686. The summed E-state index contributed by atoms with van der Waals surface area (Å²) >= 11 is 0. The number of allylic oxidation sites excluding steroid dienone is 3. The van der Waals surface area contributed by atoms with Gasteiger partial charge >= 0.3 is 0 Å². The molecule has 232 valence electrons. The lowest BCUT2D eigenvalue weighted by Crippen LogP contribution is -2.46. The van der Waals surface area contributed by atoms with Gasteiger partial charge in [0.15, 0.2) is 5.76 Å². The lowest BCUT2D eigenvalue weighted by molar-refractivity contribution is -0.297. The van der Waals surface area contributed by atoms with Gasteiger partial charge in [-0.1, -0.05) is 75.2 Å². The molecule has 1 fully saturated rings. The molecular formula is C37H52N3O2P. The van der Waals surface area contributed by atoms with Gasteiger partial charge in [-0.2, -0.15) is 0 Å². The number of hydrogen-bond donors (Lipinski definition) is 1. The van der Waals surface area contributed by atoms with E-state index in [1.807, 2.05) is 0 Å². The van der Waals surface area contributed by atoms with E-state index in [0.717, 1.165) is 76.9 Å². The highest BCUT2D eigenvalue weighted by molar-refractivity contribution is 7.27. The number of piperazine rings is 1. The average molecular weight is 602 g/mol. The zero-order valence-electron chi connectivity index (χ0n) is 27.7. The molecule has 1 aliphatic rings. The second-order valence-corrected chi connectivity index (χ2v) is 12.9. The number of benzene rings is 3. The molecule has 1 N–H and O–H groups in total. The first-order valence-electron chi connectivity index (χ1n) is 15.5. The van der Waals surface area contributed by atoms with E-state index in [0.29, 0.717) is 5.76 Å². The molecule has 1 saturated heterocycles. The van der Waals surface area contributed by atoms with Crippen LogP contribution < -0.4 is 15.1 Å². The van der Waals surface area contributed by atoms with Gasteiger partial charge < -0.3 is 14.6 Å². The van der Waals surface area contributed by atoms with Gasteiger partial charge in [0, 0.05) is 43.1 Å². The van der Waals surface area contributed by atoms with Crippen molar-refractivity contribution in [2.24, 2.45) is 5.92 Å². The zero-order valence-corrected chi connectivity index (χ0v) is 28.9. The van der Waals surface area contributed by atoms with Crippen molar-refractivity contribution in [2.75, 3.05) is 43.0 Å². The Kier molecular flexibility index (Phi) is 12.9. The molecule has 1 unspecified atom stereocenters. The smallest absolute Gasteiger partial charge is 0.157 e. The first-order valence-corrected chi connectivity index (χ1v) is 16.0. The van der Waals surface area contributed by atoms with Crippen LogP contribution in [0.15, 0.2) is 78.1 Å². The first kappa shape index (κ1) is 34.4. The second-order valence-electron chi connectivity index (χ2n) is 12.2. The Balaban J connectivity index is 0.00000119. The predicted octanol–water partition coefficient (Wildman–Crippen LogP) is 8.66. The number of nitrogens with zero attached hydrogens (tertiary/aromatic N) is 3. The van der Waals surface area contributed by atoms with E-state index in [2.05, 4.69) is 141 Å². The Hall–Kier alpha value is -3.11. The largest absolute Gasteiger partial charge is 0.380 e. The maximum atomic E-state index is 10.1. The van der Waals surface area contributed by atoms with Crippen molar-refractivity contribution in [1.82, 2.24) is 5.23 Å². The first-order chi connectivity index (χ1) is 20.4. The van der Waals surface area contributed by atoms with Crippen molar-refractivity contribution in [1.29, 1.82) is 0 Å². The van der Waals surface area contributed by atoms with Crippen LogP contribution in [0.25, 0.3) is 11.1 Å². The molecule has 4 rings (SSSR count). The molecule has 0 amide bonds. The van der Waals surface area contributed by atoms with Crippen molar-refractivity contribution < 1.29 is 10.0 Å². The summed E-state index contributed by atoms with van der Waals surface area (Å²) in [6.45, 7) is 20.9. The molecule has 5 nitrogen and oxygen atoms in total. The van der Waals surface area contributed by atoms with E-state index >= 15 is 0 Å². The molecule has 1 heterocycles. The van der Waals surface area contributed by atoms with Crippen molar-refractivity contribution in [2.45, 2.75) is 61.8 Å². The van der Waals surface area contributed by atoms with Crippen LogP contribution in [0.5, 0.6) is 0 Å². The van der Waals surface area contributed by atoms with E-state index in [1.54, 1.807) is 0 Å². The van der Waals surface area contributed by atoms with Crippen LogP contribution >= 0.6 is 9.24 Å². The molecule has 0 spiro atoms. The normalized spacial score (nSPS) is 14.7. The summed E-state index contributed by atoms with van der Waals surface area (Å²) in [4.78, 5) is 10.9. The van der Waals surface area contributed by atoms with Crippen LogP contribution in [0, 0.1) is 19.8 Å². The fraction of sp³-hybridized carbons (Fsp3) is 0.405. The van der Waals surface area contributed by atoms with Crippen molar-refractivity contribution in [3.63, 3.8) is 0 Å². The Morgan fingerprint density at radius 1 is 0.814 bits per heavy atom. The molecule has 43 heavy (non-hydrogen) atoms. The highest BCUT2D eigenvalue weighted by Gasteiger charge is 2.22. The Bertz CT molecular complexity index is 1380. The highest BCUT2D eigenvalue weighted by Crippen LogP contribution is 2.37. The molecule has 3 aromatic rings. The predicted molar refractivity (Wildman–Crippen MR) is 189 cm³/mol. The maximum Gasteiger partial charge on any atom is 0.157 e. The molecule has 1 atom stereocenters. The molecular weight excluding hydrogens is 549 g/mol. The van der Waals surface area contributed by atoms with E-state index in [1.165, 1.54) is 29.5 Å². The molecule has 0 radical (unpaired) electrons. The molecule has 3 aromatic carbocycles. The monoisotopic (exact) mass is 601 g/mol. The molecule has 0 saturated carbocycles. The third kappa shape index (κ3) is 9.96. The number of hydroxylamine groups is 2. The summed E-state index contributed by atoms with van der Waals surface area (Å²) in [5.74, 6) is 1.52. The number of anilines is 2. The molecule has 0 aliphatic carbocycles. The van der Waals surface area contributed by atoms with E-state index < -0.39 is 0 Å². The zero-order chi connectivity index (χ0) is 31.7. The SMILES string of the molecule is CC(C)C.CC/C(C)=C(ON(C)O)\C(=C(/C)c1ccc(C)cc1)c1cc(P)cc(N2CCN(c3ccc(C)cc3)CC2)c1. The molecule has 6 heteroatoms. The van der Waals surface area contributed by atoms with Gasteiger partial charge in [0.25, 0.3) is 0 Å². The third-order valence-electron chi connectivity index (χ3n) is 7.50. The van der Waals surface area contributed by atoms with Gasteiger partial charge in [-0.25, -0.2) is 0 Å². The maximum absolute atomic E-state index is 10.1. The van der Waals surface area contributed by atoms with Gasteiger partial charge in [-0.15, -0.1) is 9.24 Å². The Morgan fingerprint density at radius 2 is 1.30 bits per heavy atom. The number of hydrogen-bond acceptors (Lipinski definition) is 5. The average Bonchev–Trinajstić information content (AvgIpc) is 2.96. The summed E-state index contributed by atoms with van der Waals surface area (Å²) in [6.07, 6.45) is 0.808. The van der Waals surface area contributed by atoms with Crippen molar-refractivity contribution in [3.05, 3.63) is 100 Å².